The van der Waals surface area contributed by atoms with Gasteiger partial charge in [-0.1, -0.05) is 6.07 Å². The molecule has 1 atom stereocenters. The highest BCUT2D eigenvalue weighted by molar-refractivity contribution is 5.94. The van der Waals surface area contributed by atoms with Crippen molar-refractivity contribution in [3.05, 3.63) is 35.4 Å². The summed E-state index contributed by atoms with van der Waals surface area (Å²) in [5.74, 6) is -2.66. The molecule has 0 spiro atoms. The molecule has 1 aliphatic heterocycles. The average Bonchev–Trinajstić information content (AvgIpc) is 2.74. The van der Waals surface area contributed by atoms with E-state index in [1.807, 2.05) is 0 Å². The summed E-state index contributed by atoms with van der Waals surface area (Å²) in [6, 6.07) is 3.58. The molecule has 86 valence electrons. The lowest BCUT2D eigenvalue weighted by Gasteiger charge is -2.11. The minimum Gasteiger partial charge on any atom is -0.348 e. The van der Waals surface area contributed by atoms with Crippen LogP contribution in [0.2, 0.25) is 0 Å². The fraction of sp³-hybridized carbons (Fsp3) is 0.364. The van der Waals surface area contributed by atoms with Gasteiger partial charge in [-0.05, 0) is 25.1 Å². The molecular formula is C11H12F2N2O. The van der Waals surface area contributed by atoms with Crippen LogP contribution in [0.1, 0.15) is 16.8 Å². The zero-order chi connectivity index (χ0) is 11.5. The van der Waals surface area contributed by atoms with Crippen molar-refractivity contribution in [2.45, 2.75) is 12.5 Å². The van der Waals surface area contributed by atoms with E-state index in [2.05, 4.69) is 10.6 Å². The topological polar surface area (TPSA) is 41.1 Å². The van der Waals surface area contributed by atoms with Gasteiger partial charge in [-0.25, -0.2) is 8.78 Å². The average molecular weight is 226 g/mol. The first kappa shape index (κ1) is 11.0. The maximum Gasteiger partial charge on any atom is 0.254 e. The van der Waals surface area contributed by atoms with E-state index < -0.39 is 17.5 Å². The molecule has 2 N–H and O–H groups in total. The highest BCUT2D eigenvalue weighted by atomic mass is 19.2. The van der Waals surface area contributed by atoms with Crippen molar-refractivity contribution >= 4 is 5.91 Å². The Morgan fingerprint density at radius 1 is 1.44 bits per heavy atom. The SMILES string of the molecule is O=C(N[C@@H]1CCNC1)c1cccc(F)c1F. The molecule has 2 rings (SSSR count). The summed E-state index contributed by atoms with van der Waals surface area (Å²) < 4.78 is 26.2. The molecule has 1 fully saturated rings. The van der Waals surface area contributed by atoms with Crippen molar-refractivity contribution in [2.75, 3.05) is 13.1 Å². The molecule has 1 aromatic rings. The number of rotatable bonds is 2. The molecule has 0 saturated carbocycles. The summed E-state index contributed by atoms with van der Waals surface area (Å²) in [6.45, 7) is 1.50. The number of carbonyl (C=O) groups excluding carboxylic acids is 1. The first-order valence-electron chi connectivity index (χ1n) is 5.14. The smallest absolute Gasteiger partial charge is 0.254 e. The quantitative estimate of drug-likeness (QED) is 0.791. The number of halogens is 2. The van der Waals surface area contributed by atoms with Crippen LogP contribution in [0.4, 0.5) is 8.78 Å². The molecule has 1 heterocycles. The van der Waals surface area contributed by atoms with Crippen LogP contribution in [0, 0.1) is 11.6 Å². The van der Waals surface area contributed by atoms with Gasteiger partial charge in [0, 0.05) is 12.6 Å². The number of hydrogen-bond acceptors (Lipinski definition) is 2. The lowest BCUT2D eigenvalue weighted by molar-refractivity contribution is 0.0935. The first-order chi connectivity index (χ1) is 7.68. The third-order valence-electron chi connectivity index (χ3n) is 2.59. The van der Waals surface area contributed by atoms with E-state index in [1.54, 1.807) is 0 Å². The zero-order valence-corrected chi connectivity index (χ0v) is 8.59. The van der Waals surface area contributed by atoms with Crippen LogP contribution in [0.3, 0.4) is 0 Å². The molecule has 0 unspecified atom stereocenters. The largest absolute Gasteiger partial charge is 0.348 e. The molecule has 1 amide bonds. The van der Waals surface area contributed by atoms with Gasteiger partial charge in [0.25, 0.3) is 5.91 Å². The Hall–Kier alpha value is -1.49. The maximum atomic E-state index is 13.3. The van der Waals surface area contributed by atoms with Crippen LogP contribution < -0.4 is 10.6 Å². The van der Waals surface area contributed by atoms with E-state index in [0.29, 0.717) is 6.54 Å². The fourth-order valence-electron chi connectivity index (χ4n) is 1.72. The van der Waals surface area contributed by atoms with Gasteiger partial charge in [0.15, 0.2) is 11.6 Å². The molecule has 0 radical (unpaired) electrons. The highest BCUT2D eigenvalue weighted by Crippen LogP contribution is 2.11. The Morgan fingerprint density at radius 2 is 2.25 bits per heavy atom. The van der Waals surface area contributed by atoms with Crippen LogP contribution in [0.15, 0.2) is 18.2 Å². The van der Waals surface area contributed by atoms with Crippen LogP contribution in [-0.2, 0) is 0 Å². The molecule has 1 saturated heterocycles. The number of nitrogens with one attached hydrogen (secondary N) is 2. The lowest BCUT2D eigenvalue weighted by Crippen LogP contribution is -2.36. The predicted molar refractivity (Wildman–Crippen MR) is 55.1 cm³/mol. The summed E-state index contributed by atoms with van der Waals surface area (Å²) in [4.78, 5) is 11.6. The van der Waals surface area contributed by atoms with Crippen LogP contribution >= 0.6 is 0 Å². The predicted octanol–water partition coefficient (Wildman–Crippen LogP) is 1.06. The van der Waals surface area contributed by atoms with E-state index >= 15 is 0 Å². The Labute approximate surface area is 91.8 Å². The van der Waals surface area contributed by atoms with E-state index in [4.69, 9.17) is 0 Å². The Balaban J connectivity index is 2.11. The second-order valence-electron chi connectivity index (χ2n) is 3.76. The lowest BCUT2D eigenvalue weighted by atomic mass is 10.1. The van der Waals surface area contributed by atoms with Gasteiger partial charge in [-0.15, -0.1) is 0 Å². The summed E-state index contributed by atoms with van der Waals surface area (Å²) >= 11 is 0. The maximum absolute atomic E-state index is 13.3. The minimum absolute atomic E-state index is 0.00447. The fourth-order valence-corrected chi connectivity index (χ4v) is 1.72. The van der Waals surface area contributed by atoms with Crippen LogP contribution in [0.25, 0.3) is 0 Å². The van der Waals surface area contributed by atoms with Gasteiger partial charge in [-0.2, -0.15) is 0 Å². The second-order valence-corrected chi connectivity index (χ2v) is 3.76. The van der Waals surface area contributed by atoms with E-state index in [9.17, 15) is 13.6 Å². The van der Waals surface area contributed by atoms with E-state index in [1.165, 1.54) is 12.1 Å². The van der Waals surface area contributed by atoms with Crippen molar-refractivity contribution in [3.8, 4) is 0 Å². The molecule has 3 nitrogen and oxygen atoms in total. The first-order valence-corrected chi connectivity index (χ1v) is 5.14. The van der Waals surface area contributed by atoms with Gasteiger partial charge in [0.2, 0.25) is 0 Å². The monoisotopic (exact) mass is 226 g/mol. The number of hydrogen-bond donors (Lipinski definition) is 2. The molecule has 0 aliphatic carbocycles. The minimum atomic E-state index is -1.09. The van der Waals surface area contributed by atoms with Crippen molar-refractivity contribution in [1.82, 2.24) is 10.6 Å². The van der Waals surface area contributed by atoms with Gasteiger partial charge in [0.1, 0.15) is 0 Å². The summed E-state index contributed by atoms with van der Waals surface area (Å²) in [6.07, 6.45) is 0.808. The summed E-state index contributed by atoms with van der Waals surface area (Å²) in [5, 5.41) is 5.73. The Morgan fingerprint density at radius 3 is 2.94 bits per heavy atom. The van der Waals surface area contributed by atoms with Crippen molar-refractivity contribution < 1.29 is 13.6 Å². The van der Waals surface area contributed by atoms with Gasteiger partial charge in [0.05, 0.1) is 5.56 Å². The van der Waals surface area contributed by atoms with Crippen LogP contribution in [-0.4, -0.2) is 25.0 Å². The third kappa shape index (κ3) is 2.19. The van der Waals surface area contributed by atoms with E-state index in [-0.39, 0.29) is 11.6 Å². The number of benzene rings is 1. The molecular weight excluding hydrogens is 214 g/mol. The summed E-state index contributed by atoms with van der Waals surface area (Å²) in [5.41, 5.74) is -0.244. The van der Waals surface area contributed by atoms with Gasteiger partial charge >= 0.3 is 0 Å². The van der Waals surface area contributed by atoms with Gasteiger partial charge in [-0.3, -0.25) is 4.79 Å². The van der Waals surface area contributed by atoms with Crippen LogP contribution in [0.5, 0.6) is 0 Å². The number of amides is 1. The normalized spacial score (nSPS) is 19.8. The molecule has 1 aliphatic rings. The molecule has 1 aromatic carbocycles. The van der Waals surface area contributed by atoms with Gasteiger partial charge < -0.3 is 10.6 Å². The summed E-state index contributed by atoms with van der Waals surface area (Å²) in [7, 11) is 0. The van der Waals surface area contributed by atoms with Crippen molar-refractivity contribution in [3.63, 3.8) is 0 Å². The van der Waals surface area contributed by atoms with Crippen molar-refractivity contribution in [1.29, 1.82) is 0 Å². The van der Waals surface area contributed by atoms with E-state index in [0.717, 1.165) is 19.0 Å². The molecule has 16 heavy (non-hydrogen) atoms. The standard InChI is InChI=1S/C11H12F2N2O/c12-9-3-1-2-8(10(9)13)11(16)15-7-4-5-14-6-7/h1-3,7,14H,4-6H2,(H,15,16)/t7-/m1/s1. The Kier molecular flexibility index (Phi) is 3.14. The third-order valence-corrected chi connectivity index (χ3v) is 2.59. The molecule has 5 heteroatoms. The second kappa shape index (κ2) is 4.57. The zero-order valence-electron chi connectivity index (χ0n) is 8.59. The van der Waals surface area contributed by atoms with Crippen molar-refractivity contribution in [2.24, 2.45) is 0 Å². The Bertz CT molecular complexity index is 403. The number of carbonyl (C=O) groups is 1. The molecule has 0 bridgehead atoms. The highest BCUT2D eigenvalue weighted by Gasteiger charge is 2.20. The molecule has 0 aromatic heterocycles.